The average molecular weight is 314 g/mol. The first kappa shape index (κ1) is 10.4. The first-order valence-corrected chi connectivity index (χ1v) is 5.84. The Morgan fingerprint density at radius 1 is 1.50 bits per heavy atom. The fraction of sp³-hybridized carbons (Fsp3) is 0. The zero-order valence-electron chi connectivity index (χ0n) is 6.51. The van der Waals surface area contributed by atoms with Crippen molar-refractivity contribution in [1.82, 2.24) is 4.72 Å². The summed E-state index contributed by atoms with van der Waals surface area (Å²) in [7, 11) is 0. The van der Waals surface area contributed by atoms with Crippen LogP contribution in [0.25, 0.3) is 0 Å². The van der Waals surface area contributed by atoms with Crippen LogP contribution in [0.3, 0.4) is 0 Å². The smallest absolute Gasteiger partial charge is 0.181 e. The second kappa shape index (κ2) is 3.81. The third kappa shape index (κ3) is 1.69. The maximum atomic E-state index is 9.66. The highest BCUT2D eigenvalue weighted by Gasteiger charge is 2.19. The Labute approximate surface area is 103 Å². The van der Waals surface area contributed by atoms with Crippen molar-refractivity contribution in [2.75, 3.05) is 0 Å². The van der Waals surface area contributed by atoms with Gasteiger partial charge in [-0.1, -0.05) is 23.2 Å². The topological polar surface area (TPSA) is 44.6 Å². The van der Waals surface area contributed by atoms with Gasteiger partial charge in [-0.25, -0.2) is 4.99 Å². The van der Waals surface area contributed by atoms with E-state index >= 15 is 0 Å². The highest BCUT2D eigenvalue weighted by Crippen LogP contribution is 2.46. The number of amidine groups is 1. The molecule has 3 nitrogen and oxygen atoms in total. The molecule has 0 fully saturated rings. The van der Waals surface area contributed by atoms with Crippen molar-refractivity contribution >= 4 is 61.5 Å². The molecule has 1 aliphatic heterocycles. The molecule has 0 atom stereocenters. The largest absolute Gasteiger partial charge is 0.504 e. The molecule has 0 aliphatic carbocycles. The van der Waals surface area contributed by atoms with Crippen LogP contribution in [0, 0.1) is 0 Å². The number of benzene rings is 1. The molecule has 1 aliphatic rings. The minimum Gasteiger partial charge on any atom is -0.504 e. The Kier molecular flexibility index (Phi) is 2.83. The summed E-state index contributed by atoms with van der Waals surface area (Å²) in [6.07, 6.45) is 0. The number of nitrogens with zero attached hydrogens (tertiary/aromatic N) is 1. The molecule has 2 rings (SSSR count). The van der Waals surface area contributed by atoms with Gasteiger partial charge in [-0.05, 0) is 33.9 Å². The molecule has 0 spiro atoms. The minimum absolute atomic E-state index is 0.0971. The van der Waals surface area contributed by atoms with Crippen molar-refractivity contribution in [3.8, 4) is 5.75 Å². The van der Waals surface area contributed by atoms with Gasteiger partial charge in [0.15, 0.2) is 10.5 Å². The Hall–Kier alpha value is -0.100. The van der Waals surface area contributed by atoms with Crippen LogP contribution in [-0.2, 0) is 0 Å². The van der Waals surface area contributed by atoms with E-state index in [0.29, 0.717) is 15.5 Å². The van der Waals surface area contributed by atoms with Crippen LogP contribution in [0.2, 0.25) is 10.0 Å². The van der Waals surface area contributed by atoms with E-state index < -0.39 is 0 Å². The second-order valence-electron chi connectivity index (χ2n) is 2.47. The summed E-state index contributed by atoms with van der Waals surface area (Å²) in [6, 6.07) is 1.65. The van der Waals surface area contributed by atoms with Crippen molar-refractivity contribution in [2.24, 2.45) is 4.99 Å². The van der Waals surface area contributed by atoms with Crippen LogP contribution in [0.15, 0.2) is 16.0 Å². The average Bonchev–Trinajstić information content (AvgIpc) is 2.16. The van der Waals surface area contributed by atoms with Gasteiger partial charge in [-0.2, -0.15) is 0 Å². The number of fused-ring (bicyclic) bond motifs is 1. The van der Waals surface area contributed by atoms with Crippen LogP contribution < -0.4 is 4.72 Å². The first-order chi connectivity index (χ1) is 6.59. The Morgan fingerprint density at radius 3 is 2.93 bits per heavy atom. The number of halogens is 3. The SMILES string of the molecule is Oc1c(Cl)c(Cl)cc2c1N=C(Br)NS2. The van der Waals surface area contributed by atoms with Crippen molar-refractivity contribution in [3.05, 3.63) is 16.1 Å². The maximum absolute atomic E-state index is 9.66. The predicted molar refractivity (Wildman–Crippen MR) is 63.1 cm³/mol. The van der Waals surface area contributed by atoms with E-state index in [1.807, 2.05) is 0 Å². The van der Waals surface area contributed by atoms with Gasteiger partial charge in [-0.3, -0.25) is 0 Å². The predicted octanol–water partition coefficient (Wildman–Crippen LogP) is 3.69. The van der Waals surface area contributed by atoms with E-state index in [1.54, 1.807) is 6.07 Å². The monoisotopic (exact) mass is 312 g/mol. The number of aliphatic imine (C=N–C) groups is 1. The number of hydrogen-bond acceptors (Lipinski definition) is 4. The normalized spacial score (nSPS) is 14.4. The minimum atomic E-state index is -0.0971. The molecule has 0 saturated heterocycles. The van der Waals surface area contributed by atoms with Gasteiger partial charge in [0.1, 0.15) is 10.7 Å². The third-order valence-electron chi connectivity index (χ3n) is 1.59. The molecule has 0 saturated carbocycles. The third-order valence-corrected chi connectivity index (χ3v) is 3.83. The van der Waals surface area contributed by atoms with Crippen molar-refractivity contribution in [2.45, 2.75) is 4.90 Å². The van der Waals surface area contributed by atoms with Crippen LogP contribution in [0.4, 0.5) is 5.69 Å². The van der Waals surface area contributed by atoms with Crippen molar-refractivity contribution < 1.29 is 5.11 Å². The zero-order chi connectivity index (χ0) is 10.3. The van der Waals surface area contributed by atoms with Crippen molar-refractivity contribution in [3.63, 3.8) is 0 Å². The number of nitrogens with one attached hydrogen (secondary N) is 1. The number of hydrogen-bond donors (Lipinski definition) is 2. The molecule has 1 heterocycles. The van der Waals surface area contributed by atoms with Gasteiger partial charge in [0.2, 0.25) is 0 Å². The van der Waals surface area contributed by atoms with Crippen LogP contribution >= 0.6 is 51.1 Å². The summed E-state index contributed by atoms with van der Waals surface area (Å²) in [5.41, 5.74) is 0.426. The highest BCUT2D eigenvalue weighted by molar-refractivity contribution is 9.18. The van der Waals surface area contributed by atoms with Crippen molar-refractivity contribution in [1.29, 1.82) is 0 Å². The molecule has 0 unspecified atom stereocenters. The Morgan fingerprint density at radius 2 is 2.21 bits per heavy atom. The van der Waals surface area contributed by atoms with E-state index in [0.717, 1.165) is 4.90 Å². The highest BCUT2D eigenvalue weighted by atomic mass is 79.9. The molecule has 2 N–H and O–H groups in total. The van der Waals surface area contributed by atoms with E-state index in [9.17, 15) is 5.11 Å². The summed E-state index contributed by atoms with van der Waals surface area (Å²) in [5.74, 6) is -0.0971. The van der Waals surface area contributed by atoms with Gasteiger partial charge in [0.05, 0.1) is 9.92 Å². The molecule has 0 bridgehead atoms. The van der Waals surface area contributed by atoms with Crippen LogP contribution in [-0.4, -0.2) is 9.85 Å². The van der Waals surface area contributed by atoms with Gasteiger partial charge in [0, 0.05) is 0 Å². The Bertz CT molecular complexity index is 438. The summed E-state index contributed by atoms with van der Waals surface area (Å²) in [4.78, 5) is 4.79. The number of phenolic OH excluding ortho intramolecular Hbond substituents is 1. The Balaban J connectivity index is 2.68. The van der Waals surface area contributed by atoms with Gasteiger partial charge < -0.3 is 9.83 Å². The second-order valence-corrected chi connectivity index (χ2v) is 4.86. The molecule has 0 aromatic heterocycles. The summed E-state index contributed by atoms with van der Waals surface area (Å²) in [5, 5.41) is 10.1. The molecule has 74 valence electrons. The number of rotatable bonds is 0. The molecule has 0 amide bonds. The number of phenols is 1. The lowest BCUT2D eigenvalue weighted by atomic mass is 10.3. The summed E-state index contributed by atoms with van der Waals surface area (Å²) < 4.78 is 3.41. The molecular formula is C7H3BrCl2N2OS. The van der Waals surface area contributed by atoms with E-state index in [2.05, 4.69) is 25.6 Å². The summed E-state index contributed by atoms with van der Waals surface area (Å²) in [6.45, 7) is 0. The standard InChI is InChI=1S/C7H3BrCl2N2OS/c8-7-11-5-3(14-12-7)1-2(9)4(10)6(5)13/h1,13H,(H,11,12). The lowest BCUT2D eigenvalue weighted by Gasteiger charge is -2.15. The quantitative estimate of drug-likeness (QED) is 0.567. The zero-order valence-corrected chi connectivity index (χ0v) is 10.4. The lowest BCUT2D eigenvalue weighted by molar-refractivity contribution is 0.476. The molecule has 0 radical (unpaired) electrons. The van der Waals surface area contributed by atoms with Gasteiger partial charge in [0.25, 0.3) is 0 Å². The fourth-order valence-electron chi connectivity index (χ4n) is 0.984. The van der Waals surface area contributed by atoms with Crippen LogP contribution in [0.1, 0.15) is 0 Å². The first-order valence-electron chi connectivity index (χ1n) is 3.47. The fourth-order valence-corrected chi connectivity index (χ4v) is 2.47. The molecule has 7 heteroatoms. The molecule has 1 aromatic rings. The maximum Gasteiger partial charge on any atom is 0.181 e. The molecule has 14 heavy (non-hydrogen) atoms. The van der Waals surface area contributed by atoms with Crippen LogP contribution in [0.5, 0.6) is 5.75 Å². The number of aromatic hydroxyl groups is 1. The summed E-state index contributed by atoms with van der Waals surface area (Å²) >= 11 is 16.0. The van der Waals surface area contributed by atoms with E-state index in [-0.39, 0.29) is 10.8 Å². The molecular weight excluding hydrogens is 311 g/mol. The van der Waals surface area contributed by atoms with E-state index in [4.69, 9.17) is 23.2 Å². The van der Waals surface area contributed by atoms with Gasteiger partial charge in [-0.15, -0.1) is 0 Å². The lowest BCUT2D eigenvalue weighted by Crippen LogP contribution is -2.10. The molecule has 1 aromatic carbocycles. The van der Waals surface area contributed by atoms with E-state index in [1.165, 1.54) is 11.9 Å². The van der Waals surface area contributed by atoms with Gasteiger partial charge >= 0.3 is 0 Å².